The number of carbonyl (C=O) groups excluding carboxylic acids is 1. The third kappa shape index (κ3) is 3.01. The lowest BCUT2D eigenvalue weighted by atomic mass is 10.2. The molecule has 0 aromatic heterocycles. The quantitative estimate of drug-likeness (QED) is 0.480. The highest BCUT2D eigenvalue weighted by atomic mass is 35.5. The smallest absolute Gasteiger partial charge is 0.152 e. The fourth-order valence-electron chi connectivity index (χ4n) is 1.00. The molecular weight excluding hydrogens is 220 g/mol. The van der Waals surface area contributed by atoms with Crippen LogP contribution < -0.4 is 0 Å². The Morgan fingerprint density at radius 2 is 2.29 bits per heavy atom. The number of halogens is 1. The van der Waals surface area contributed by atoms with Crippen LogP contribution in [0.2, 0.25) is 5.02 Å². The van der Waals surface area contributed by atoms with E-state index in [1.54, 1.807) is 6.07 Å². The van der Waals surface area contributed by atoms with Crippen LogP contribution in [0.1, 0.15) is 16.8 Å². The van der Waals surface area contributed by atoms with E-state index in [0.29, 0.717) is 10.6 Å². The minimum Gasteiger partial charge on any atom is -0.396 e. The lowest BCUT2D eigenvalue weighted by molar-refractivity contribution is 0.112. The molecule has 1 aromatic carbocycles. The summed E-state index contributed by atoms with van der Waals surface area (Å²) in [4.78, 5) is 11.6. The van der Waals surface area contributed by atoms with E-state index >= 15 is 0 Å². The van der Waals surface area contributed by atoms with Gasteiger partial charge in [-0.25, -0.2) is 0 Å². The molecule has 14 heavy (non-hydrogen) atoms. The second kappa shape index (κ2) is 6.06. The van der Waals surface area contributed by atoms with Crippen molar-refractivity contribution in [2.24, 2.45) is 0 Å². The first-order chi connectivity index (χ1) is 6.79. The van der Waals surface area contributed by atoms with E-state index in [2.05, 4.69) is 0 Å². The van der Waals surface area contributed by atoms with Crippen molar-refractivity contribution in [2.75, 3.05) is 12.4 Å². The van der Waals surface area contributed by atoms with Crippen molar-refractivity contribution < 1.29 is 9.90 Å². The fraction of sp³-hybridized carbons (Fsp3) is 0.300. The van der Waals surface area contributed by atoms with Crippen LogP contribution in [0.4, 0.5) is 0 Å². The van der Waals surface area contributed by atoms with E-state index in [4.69, 9.17) is 16.7 Å². The van der Waals surface area contributed by atoms with Gasteiger partial charge in [0, 0.05) is 22.8 Å². The molecule has 1 rings (SSSR count). The second-order valence-electron chi connectivity index (χ2n) is 2.70. The largest absolute Gasteiger partial charge is 0.396 e. The monoisotopic (exact) mass is 230 g/mol. The van der Waals surface area contributed by atoms with Crippen LogP contribution in [0.15, 0.2) is 23.1 Å². The Morgan fingerprint density at radius 1 is 1.50 bits per heavy atom. The molecule has 1 aromatic rings. The van der Waals surface area contributed by atoms with Gasteiger partial charge in [0.25, 0.3) is 0 Å². The molecule has 0 amide bonds. The Labute approximate surface area is 92.3 Å². The van der Waals surface area contributed by atoms with Crippen LogP contribution in [0, 0.1) is 0 Å². The van der Waals surface area contributed by atoms with Crippen molar-refractivity contribution in [1.82, 2.24) is 0 Å². The van der Waals surface area contributed by atoms with Gasteiger partial charge in [-0.05, 0) is 18.6 Å². The fourth-order valence-corrected chi connectivity index (χ4v) is 2.26. The van der Waals surface area contributed by atoms with E-state index in [-0.39, 0.29) is 6.61 Å². The van der Waals surface area contributed by atoms with Gasteiger partial charge in [-0.1, -0.05) is 17.7 Å². The first kappa shape index (κ1) is 11.6. The molecule has 0 aliphatic rings. The molecule has 4 heteroatoms. The molecule has 1 N–H and O–H groups in total. The molecule has 76 valence electrons. The molecule has 2 nitrogen and oxygen atoms in total. The molecule has 0 saturated heterocycles. The van der Waals surface area contributed by atoms with Crippen molar-refractivity contribution in [3.05, 3.63) is 28.8 Å². The summed E-state index contributed by atoms with van der Waals surface area (Å²) >= 11 is 7.38. The van der Waals surface area contributed by atoms with Gasteiger partial charge in [0.2, 0.25) is 0 Å². The number of aldehydes is 1. The Kier molecular flexibility index (Phi) is 5.01. The second-order valence-corrected chi connectivity index (χ2v) is 4.24. The summed E-state index contributed by atoms with van der Waals surface area (Å²) < 4.78 is 0. The lowest BCUT2D eigenvalue weighted by Crippen LogP contribution is -1.90. The van der Waals surface area contributed by atoms with Crippen LogP contribution in [-0.4, -0.2) is 23.8 Å². The predicted molar refractivity (Wildman–Crippen MR) is 59.3 cm³/mol. The van der Waals surface area contributed by atoms with E-state index in [1.807, 2.05) is 12.1 Å². The van der Waals surface area contributed by atoms with Gasteiger partial charge in [0.1, 0.15) is 0 Å². The SMILES string of the molecule is O=Cc1c(Cl)cccc1SCCCO. The molecule has 0 radical (unpaired) electrons. The standard InChI is InChI=1S/C10H11ClO2S/c11-9-3-1-4-10(8(9)7-13)14-6-2-5-12/h1,3-4,7,12H,2,5-6H2. The molecule has 0 unspecified atom stereocenters. The maximum absolute atomic E-state index is 10.7. The zero-order valence-corrected chi connectivity index (χ0v) is 9.14. The zero-order valence-electron chi connectivity index (χ0n) is 7.57. The molecule has 0 bridgehead atoms. The van der Waals surface area contributed by atoms with Gasteiger partial charge >= 0.3 is 0 Å². The third-order valence-corrected chi connectivity index (χ3v) is 3.18. The summed E-state index contributed by atoms with van der Waals surface area (Å²) in [7, 11) is 0. The summed E-state index contributed by atoms with van der Waals surface area (Å²) in [5.41, 5.74) is 0.539. The number of hydrogen-bond donors (Lipinski definition) is 1. The first-order valence-electron chi connectivity index (χ1n) is 4.27. The Balaban J connectivity index is 2.75. The Bertz CT molecular complexity index is 315. The normalized spacial score (nSPS) is 10.1. The van der Waals surface area contributed by atoms with Gasteiger partial charge in [0.05, 0.1) is 5.02 Å². The first-order valence-corrected chi connectivity index (χ1v) is 5.63. The van der Waals surface area contributed by atoms with Gasteiger partial charge in [-0.15, -0.1) is 11.8 Å². The Morgan fingerprint density at radius 3 is 2.93 bits per heavy atom. The third-order valence-electron chi connectivity index (χ3n) is 1.69. The summed E-state index contributed by atoms with van der Waals surface area (Å²) in [5, 5.41) is 9.10. The zero-order chi connectivity index (χ0) is 10.4. The highest BCUT2D eigenvalue weighted by Gasteiger charge is 2.05. The highest BCUT2D eigenvalue weighted by Crippen LogP contribution is 2.27. The number of carbonyl (C=O) groups is 1. The average molecular weight is 231 g/mol. The van der Waals surface area contributed by atoms with Crippen LogP contribution in [0.3, 0.4) is 0 Å². The van der Waals surface area contributed by atoms with Crippen molar-refractivity contribution >= 4 is 29.6 Å². The number of aliphatic hydroxyl groups excluding tert-OH is 1. The summed E-state index contributed by atoms with van der Waals surface area (Å²) in [5.74, 6) is 0.789. The maximum Gasteiger partial charge on any atom is 0.152 e. The number of thioether (sulfide) groups is 1. The Hall–Kier alpha value is -0.510. The molecule has 0 atom stereocenters. The summed E-state index contributed by atoms with van der Waals surface area (Å²) in [6.07, 6.45) is 1.49. The maximum atomic E-state index is 10.7. The van der Waals surface area contributed by atoms with Crippen LogP contribution >= 0.6 is 23.4 Å². The highest BCUT2D eigenvalue weighted by molar-refractivity contribution is 7.99. The summed E-state index contributed by atoms with van der Waals surface area (Å²) in [6, 6.07) is 5.37. The van der Waals surface area contributed by atoms with E-state index in [9.17, 15) is 4.79 Å². The van der Waals surface area contributed by atoms with Gasteiger partial charge in [-0.3, -0.25) is 4.79 Å². The van der Waals surface area contributed by atoms with Crippen LogP contribution in [-0.2, 0) is 0 Å². The predicted octanol–water partition coefficient (Wildman–Crippen LogP) is 2.63. The molecule has 0 spiro atoms. The minimum atomic E-state index is 0.171. The van der Waals surface area contributed by atoms with Gasteiger partial charge in [-0.2, -0.15) is 0 Å². The van der Waals surface area contributed by atoms with Crippen molar-refractivity contribution in [1.29, 1.82) is 0 Å². The lowest BCUT2D eigenvalue weighted by Gasteiger charge is -2.04. The number of benzene rings is 1. The average Bonchev–Trinajstić information content (AvgIpc) is 2.18. The van der Waals surface area contributed by atoms with E-state index < -0.39 is 0 Å². The van der Waals surface area contributed by atoms with E-state index in [0.717, 1.165) is 23.4 Å². The number of hydrogen-bond acceptors (Lipinski definition) is 3. The van der Waals surface area contributed by atoms with Crippen LogP contribution in [0.5, 0.6) is 0 Å². The molecule has 0 fully saturated rings. The van der Waals surface area contributed by atoms with Crippen molar-refractivity contribution in [3.8, 4) is 0 Å². The molecule has 0 heterocycles. The van der Waals surface area contributed by atoms with Gasteiger partial charge in [0.15, 0.2) is 6.29 Å². The van der Waals surface area contributed by atoms with Crippen molar-refractivity contribution in [3.63, 3.8) is 0 Å². The molecular formula is C10H11ClO2S. The number of aliphatic hydroxyl groups is 1. The number of rotatable bonds is 5. The minimum absolute atomic E-state index is 0.171. The molecule has 0 aliphatic heterocycles. The summed E-state index contributed by atoms with van der Waals surface area (Å²) in [6.45, 7) is 0.171. The topological polar surface area (TPSA) is 37.3 Å². The van der Waals surface area contributed by atoms with Crippen molar-refractivity contribution in [2.45, 2.75) is 11.3 Å². The van der Waals surface area contributed by atoms with Gasteiger partial charge < -0.3 is 5.11 Å². The van der Waals surface area contributed by atoms with Crippen LogP contribution in [0.25, 0.3) is 0 Å². The van der Waals surface area contributed by atoms with E-state index in [1.165, 1.54) is 11.8 Å². The molecule has 0 aliphatic carbocycles. The molecule has 0 saturated carbocycles.